The fourth-order valence-corrected chi connectivity index (χ4v) is 4.37. The summed E-state index contributed by atoms with van der Waals surface area (Å²) >= 11 is 1.52. The molecule has 0 spiro atoms. The van der Waals surface area contributed by atoms with Crippen molar-refractivity contribution in [3.63, 3.8) is 0 Å². The molecule has 0 unspecified atom stereocenters. The molecule has 1 N–H and O–H groups in total. The fraction of sp³-hybridized carbons (Fsp3) is 0.375. The van der Waals surface area contributed by atoms with Gasteiger partial charge >= 0.3 is 0 Å². The zero-order valence-electron chi connectivity index (χ0n) is 19.5. The van der Waals surface area contributed by atoms with Crippen molar-refractivity contribution in [2.24, 2.45) is 0 Å². The number of allylic oxidation sites excluding steroid dienone is 1. The van der Waals surface area contributed by atoms with Crippen molar-refractivity contribution in [1.82, 2.24) is 20.1 Å². The highest BCUT2D eigenvalue weighted by Crippen LogP contribution is 2.50. The first-order chi connectivity index (χ1) is 15.1. The van der Waals surface area contributed by atoms with Gasteiger partial charge < -0.3 is 14.4 Å². The molecule has 0 radical (unpaired) electrons. The number of H-pyrrole nitrogens is 1. The number of fused-ring (bicyclic) bond motifs is 3. The molecule has 7 nitrogen and oxygen atoms in total. The van der Waals surface area contributed by atoms with Gasteiger partial charge in [0.05, 0.1) is 12.7 Å². The van der Waals surface area contributed by atoms with E-state index >= 15 is 0 Å². The summed E-state index contributed by atoms with van der Waals surface area (Å²) in [5.74, 6) is 1.27. The third-order valence-corrected chi connectivity index (χ3v) is 6.35. The van der Waals surface area contributed by atoms with Gasteiger partial charge in [-0.25, -0.2) is 4.98 Å². The van der Waals surface area contributed by atoms with E-state index in [0.29, 0.717) is 17.2 Å². The second-order valence-corrected chi connectivity index (χ2v) is 9.95. The maximum Gasteiger partial charge on any atom is 0.272 e. The smallest absolute Gasteiger partial charge is 0.272 e. The van der Waals surface area contributed by atoms with Crippen LogP contribution in [0.15, 0.2) is 23.2 Å². The number of hydrogen-bond donors (Lipinski definition) is 1. The van der Waals surface area contributed by atoms with E-state index in [-0.39, 0.29) is 18.1 Å². The van der Waals surface area contributed by atoms with E-state index in [2.05, 4.69) is 21.3 Å². The zero-order chi connectivity index (χ0) is 23.2. The molecule has 0 aliphatic carbocycles. The number of ether oxygens (including phenoxy) is 2. The topological polar surface area (TPSA) is 80.3 Å². The maximum absolute atomic E-state index is 13.2. The number of rotatable bonds is 4. The molecule has 168 valence electrons. The van der Waals surface area contributed by atoms with Crippen LogP contribution in [-0.4, -0.2) is 45.7 Å². The molecule has 0 saturated heterocycles. The molecule has 2 aromatic heterocycles. The number of aromatic amines is 1. The van der Waals surface area contributed by atoms with Crippen LogP contribution in [0.1, 0.15) is 56.2 Å². The molecule has 1 aliphatic rings. The van der Waals surface area contributed by atoms with Crippen molar-refractivity contribution in [2.45, 2.75) is 46.8 Å². The lowest BCUT2D eigenvalue weighted by Crippen LogP contribution is -2.43. The van der Waals surface area contributed by atoms with Crippen molar-refractivity contribution >= 4 is 23.3 Å². The van der Waals surface area contributed by atoms with E-state index in [1.165, 1.54) is 11.3 Å². The van der Waals surface area contributed by atoms with Crippen LogP contribution in [0, 0.1) is 0 Å². The SMILES string of the molecule is COc1c(C=C(C)C)cc2c(c1-c1nccs1)OCc1c-2n[nH]c1C(=O)N(C)C(C)(C)C. The van der Waals surface area contributed by atoms with Crippen LogP contribution in [0.5, 0.6) is 11.5 Å². The third-order valence-electron chi connectivity index (χ3n) is 5.56. The summed E-state index contributed by atoms with van der Waals surface area (Å²) in [4.78, 5) is 19.4. The number of aromatic nitrogens is 3. The lowest BCUT2D eigenvalue weighted by Gasteiger charge is -2.32. The number of carbonyl (C=O) groups excluding carboxylic acids is 1. The van der Waals surface area contributed by atoms with Gasteiger partial charge in [0, 0.05) is 40.9 Å². The number of amides is 1. The number of thiazole rings is 1. The predicted octanol–water partition coefficient (Wildman–Crippen LogP) is 5.39. The van der Waals surface area contributed by atoms with E-state index < -0.39 is 0 Å². The van der Waals surface area contributed by atoms with Crippen LogP contribution in [-0.2, 0) is 6.61 Å². The molecular formula is C24H28N4O3S. The number of hydrogen-bond acceptors (Lipinski definition) is 6. The molecule has 1 aromatic carbocycles. The Hall–Kier alpha value is -3.13. The average molecular weight is 453 g/mol. The monoisotopic (exact) mass is 452 g/mol. The van der Waals surface area contributed by atoms with Crippen LogP contribution in [0.2, 0.25) is 0 Å². The summed E-state index contributed by atoms with van der Waals surface area (Å²) in [5.41, 5.74) is 5.30. The second-order valence-electron chi connectivity index (χ2n) is 9.06. The molecular weight excluding hydrogens is 424 g/mol. The highest BCUT2D eigenvalue weighted by Gasteiger charge is 2.34. The Morgan fingerprint density at radius 2 is 2.09 bits per heavy atom. The van der Waals surface area contributed by atoms with E-state index in [0.717, 1.165) is 38.5 Å². The van der Waals surface area contributed by atoms with Crippen molar-refractivity contribution < 1.29 is 14.3 Å². The largest absolute Gasteiger partial charge is 0.495 e. The molecule has 4 rings (SSSR count). The molecule has 3 heterocycles. The number of carbonyl (C=O) groups is 1. The lowest BCUT2D eigenvalue weighted by molar-refractivity contribution is 0.0647. The minimum atomic E-state index is -0.315. The predicted molar refractivity (Wildman–Crippen MR) is 127 cm³/mol. The minimum absolute atomic E-state index is 0.114. The molecule has 0 atom stereocenters. The van der Waals surface area contributed by atoms with Crippen LogP contribution in [0.25, 0.3) is 27.9 Å². The van der Waals surface area contributed by atoms with Crippen molar-refractivity contribution in [1.29, 1.82) is 0 Å². The summed E-state index contributed by atoms with van der Waals surface area (Å²) in [7, 11) is 3.45. The van der Waals surface area contributed by atoms with Gasteiger partial charge in [0.1, 0.15) is 34.5 Å². The standard InChI is InChI=1S/C24H28N4O3S/c1-13(2)10-14-11-15-18-16(19(27-26-18)23(29)28(6)24(3,4)5)12-31-21(15)17(20(14)30-7)22-25-8-9-32-22/h8-11H,12H2,1-7H3,(H,26,27). The number of benzene rings is 1. The van der Waals surface area contributed by atoms with Crippen molar-refractivity contribution in [3.05, 3.63) is 40.0 Å². The maximum atomic E-state index is 13.2. The van der Waals surface area contributed by atoms with E-state index in [1.807, 2.05) is 46.1 Å². The van der Waals surface area contributed by atoms with Crippen molar-refractivity contribution in [3.8, 4) is 33.3 Å². The van der Waals surface area contributed by atoms with E-state index in [4.69, 9.17) is 9.47 Å². The summed E-state index contributed by atoms with van der Waals surface area (Å²) < 4.78 is 12.1. The quantitative estimate of drug-likeness (QED) is 0.574. The molecule has 1 amide bonds. The Morgan fingerprint density at radius 1 is 1.34 bits per heavy atom. The summed E-state index contributed by atoms with van der Waals surface area (Å²) in [6.07, 6.45) is 3.83. The molecule has 0 saturated carbocycles. The first-order valence-corrected chi connectivity index (χ1v) is 11.3. The Bertz CT molecular complexity index is 1200. The van der Waals surface area contributed by atoms with Crippen LogP contribution < -0.4 is 9.47 Å². The van der Waals surface area contributed by atoms with Gasteiger partial charge in [0.25, 0.3) is 5.91 Å². The minimum Gasteiger partial charge on any atom is -0.495 e. The first kappa shape index (κ1) is 22.1. The van der Waals surface area contributed by atoms with Gasteiger partial charge in [-0.2, -0.15) is 5.10 Å². The Morgan fingerprint density at radius 3 is 2.69 bits per heavy atom. The molecule has 0 fully saturated rings. The number of methoxy groups -OCH3 is 1. The Balaban J connectivity index is 1.94. The lowest BCUT2D eigenvalue weighted by atomic mass is 9.94. The Kier molecular flexibility index (Phi) is 5.58. The van der Waals surface area contributed by atoms with E-state index in [9.17, 15) is 4.79 Å². The van der Waals surface area contributed by atoms with Gasteiger partial charge in [-0.15, -0.1) is 11.3 Å². The molecule has 8 heteroatoms. The van der Waals surface area contributed by atoms with Crippen LogP contribution in [0.4, 0.5) is 0 Å². The molecule has 0 bridgehead atoms. The molecule has 3 aromatic rings. The van der Waals surface area contributed by atoms with Gasteiger partial charge in [-0.3, -0.25) is 9.89 Å². The number of nitrogens with one attached hydrogen (secondary N) is 1. The molecule has 1 aliphatic heterocycles. The van der Waals surface area contributed by atoms with Crippen LogP contribution in [0.3, 0.4) is 0 Å². The van der Waals surface area contributed by atoms with Gasteiger partial charge in [0.2, 0.25) is 0 Å². The highest BCUT2D eigenvalue weighted by atomic mass is 32.1. The average Bonchev–Trinajstić information content (AvgIpc) is 3.40. The second kappa shape index (κ2) is 8.09. The fourth-order valence-electron chi connectivity index (χ4n) is 3.70. The zero-order valence-corrected chi connectivity index (χ0v) is 20.3. The van der Waals surface area contributed by atoms with E-state index in [1.54, 1.807) is 25.3 Å². The first-order valence-electron chi connectivity index (χ1n) is 10.4. The van der Waals surface area contributed by atoms with Gasteiger partial charge in [-0.1, -0.05) is 11.6 Å². The summed E-state index contributed by atoms with van der Waals surface area (Å²) in [6.45, 7) is 10.3. The van der Waals surface area contributed by atoms with Gasteiger partial charge in [-0.05, 0) is 40.7 Å². The highest BCUT2D eigenvalue weighted by molar-refractivity contribution is 7.13. The normalized spacial score (nSPS) is 12.5. The summed E-state index contributed by atoms with van der Waals surface area (Å²) in [5, 5.41) is 10.3. The van der Waals surface area contributed by atoms with Crippen LogP contribution >= 0.6 is 11.3 Å². The molecule has 32 heavy (non-hydrogen) atoms. The number of nitrogens with zero attached hydrogens (tertiary/aromatic N) is 3. The Labute approximate surface area is 192 Å². The van der Waals surface area contributed by atoms with Gasteiger partial charge in [0.15, 0.2) is 0 Å². The van der Waals surface area contributed by atoms with Crippen molar-refractivity contribution in [2.75, 3.05) is 14.2 Å². The third kappa shape index (κ3) is 3.68. The summed E-state index contributed by atoms with van der Waals surface area (Å²) in [6, 6.07) is 2.01.